The number of nitrogens with zero attached hydrogens (tertiary/aromatic N) is 5. The second-order valence-electron chi connectivity index (χ2n) is 13.7. The van der Waals surface area contributed by atoms with Crippen molar-refractivity contribution < 1.29 is 18.1 Å². The van der Waals surface area contributed by atoms with Gasteiger partial charge in [0.05, 0.1) is 41.5 Å². The van der Waals surface area contributed by atoms with E-state index in [0.717, 1.165) is 16.5 Å². The number of benzene rings is 8. The van der Waals surface area contributed by atoms with Gasteiger partial charge < -0.3 is 8.98 Å². The van der Waals surface area contributed by atoms with E-state index in [1.807, 2.05) is 127 Å². The van der Waals surface area contributed by atoms with Crippen LogP contribution in [0.25, 0.3) is 111 Å². The van der Waals surface area contributed by atoms with Gasteiger partial charge in [-0.15, -0.1) is 0 Å². The molecule has 0 N–H and O–H groups in total. The van der Waals surface area contributed by atoms with Gasteiger partial charge in [-0.25, -0.2) is 4.98 Å². The summed E-state index contributed by atoms with van der Waals surface area (Å²) in [6, 6.07) is 34.5. The van der Waals surface area contributed by atoms with E-state index in [2.05, 4.69) is 0 Å². The van der Waals surface area contributed by atoms with Crippen molar-refractivity contribution in [2.75, 3.05) is 0 Å². The van der Waals surface area contributed by atoms with E-state index in [9.17, 15) is 8.22 Å². The van der Waals surface area contributed by atoms with Crippen molar-refractivity contribution in [3.8, 4) is 45.5 Å². The number of hydrogen-bond acceptors (Lipinski definition) is 4. The van der Waals surface area contributed by atoms with Crippen LogP contribution in [0.1, 0.15) is 13.7 Å². The fourth-order valence-electron chi connectivity index (χ4n) is 7.92. The number of fused-ring (bicyclic) bond motifs is 10. The van der Waals surface area contributed by atoms with Crippen LogP contribution in [0.15, 0.2) is 192 Å². The van der Waals surface area contributed by atoms with Gasteiger partial charge >= 0.3 is 0 Å². The Bertz CT molecular complexity index is 4040. The molecule has 0 aliphatic carbocycles. The van der Waals surface area contributed by atoms with E-state index in [0.29, 0.717) is 33.4 Å². The number of hydrogen-bond donors (Lipinski definition) is 0. The van der Waals surface area contributed by atoms with Crippen LogP contribution in [0.5, 0.6) is 0 Å². The molecule has 0 saturated heterocycles. The SMILES string of the molecule is [2H]c1c([2H])c([2H])c2c(c1[2H])c1c([2H])c([2H])c3c4c([2H])c([2H])c([2H])c([2H])c4n(-c4cc(-c5ccccc5)cc5c4oc4ccccc45)c3c1n2-c1nc(-c2ccccc2)nc(-c2ccccc2)n1. The number of furan rings is 1. The molecule has 6 heteroatoms. The first-order valence-corrected chi connectivity index (χ1v) is 18.3. The van der Waals surface area contributed by atoms with Gasteiger partial charge in [0, 0.05) is 43.4 Å². The molecule has 0 unspecified atom stereocenters. The summed E-state index contributed by atoms with van der Waals surface area (Å²) in [5, 5.41) is 1.30. The Morgan fingerprint density at radius 2 is 0.947 bits per heavy atom. The van der Waals surface area contributed by atoms with Gasteiger partial charge in [-0.2, -0.15) is 9.97 Å². The van der Waals surface area contributed by atoms with Gasteiger partial charge in [-0.05, 0) is 41.4 Å². The Hall–Kier alpha value is -7.83. The maximum absolute atomic E-state index is 9.83. The van der Waals surface area contributed by atoms with Crippen molar-refractivity contribution in [1.29, 1.82) is 0 Å². The number of para-hydroxylation sites is 3. The lowest BCUT2D eigenvalue weighted by Gasteiger charge is -2.14. The molecule has 0 amide bonds. The fourth-order valence-corrected chi connectivity index (χ4v) is 7.92. The van der Waals surface area contributed by atoms with E-state index in [1.165, 1.54) is 4.57 Å². The van der Waals surface area contributed by atoms with E-state index in [4.69, 9.17) is 24.9 Å². The summed E-state index contributed by atoms with van der Waals surface area (Å²) >= 11 is 0. The monoisotopic (exact) mass is 739 g/mol. The molecule has 4 aromatic heterocycles. The smallest absolute Gasteiger partial charge is 0.238 e. The first kappa shape index (κ1) is 23.2. The molecule has 0 radical (unpaired) electrons. The van der Waals surface area contributed by atoms with Crippen LogP contribution >= 0.6 is 0 Å². The van der Waals surface area contributed by atoms with Crippen molar-refractivity contribution >= 4 is 65.6 Å². The van der Waals surface area contributed by atoms with Gasteiger partial charge in [0.2, 0.25) is 5.95 Å². The lowest BCUT2D eigenvalue weighted by atomic mass is 10.0. The molecule has 0 saturated carbocycles. The summed E-state index contributed by atoms with van der Waals surface area (Å²) in [6.45, 7) is 0. The molecule has 0 atom stereocenters. The van der Waals surface area contributed by atoms with Gasteiger partial charge in [-0.3, -0.25) is 4.57 Å². The Balaban J connectivity index is 1.39. The molecule has 4 heterocycles. The fraction of sp³-hybridized carbons (Fsp3) is 0. The Kier molecular flexibility index (Phi) is 5.02. The van der Waals surface area contributed by atoms with Crippen LogP contribution in [-0.4, -0.2) is 24.1 Å². The van der Waals surface area contributed by atoms with Gasteiger partial charge in [0.15, 0.2) is 17.2 Å². The average Bonchev–Trinajstić information content (AvgIpc) is 4.05. The highest BCUT2D eigenvalue weighted by Crippen LogP contribution is 2.44. The summed E-state index contributed by atoms with van der Waals surface area (Å²) in [7, 11) is 0. The second kappa shape index (κ2) is 12.3. The van der Waals surface area contributed by atoms with Gasteiger partial charge in [-0.1, -0.05) is 158 Å². The zero-order valence-corrected chi connectivity index (χ0v) is 29.8. The molecule has 266 valence electrons. The molecule has 0 spiro atoms. The van der Waals surface area contributed by atoms with Crippen LogP contribution in [0.3, 0.4) is 0 Å². The summed E-state index contributed by atoms with van der Waals surface area (Å²) in [4.78, 5) is 14.9. The molecule has 0 aliphatic heterocycles. The molecular weight excluding hydrogens is 699 g/mol. The zero-order chi connectivity index (χ0) is 46.2. The molecular formula is C51H31N5O. The van der Waals surface area contributed by atoms with Crippen LogP contribution in [0.2, 0.25) is 0 Å². The van der Waals surface area contributed by atoms with Crippen LogP contribution < -0.4 is 0 Å². The number of aromatic nitrogens is 5. The van der Waals surface area contributed by atoms with Gasteiger partial charge in [0.1, 0.15) is 5.58 Å². The zero-order valence-electron chi connectivity index (χ0n) is 39.8. The number of rotatable bonds is 5. The lowest BCUT2D eigenvalue weighted by Crippen LogP contribution is -2.07. The normalized spacial score (nSPS) is 14.3. The highest BCUT2D eigenvalue weighted by molar-refractivity contribution is 6.24. The van der Waals surface area contributed by atoms with Crippen molar-refractivity contribution in [3.63, 3.8) is 0 Å². The van der Waals surface area contributed by atoms with E-state index in [1.54, 1.807) is 4.57 Å². The van der Waals surface area contributed by atoms with E-state index in [-0.39, 0.29) is 61.2 Å². The quantitative estimate of drug-likeness (QED) is 0.176. The van der Waals surface area contributed by atoms with Crippen molar-refractivity contribution in [3.05, 3.63) is 188 Å². The summed E-state index contributed by atoms with van der Waals surface area (Å²) in [5.41, 5.74) is 4.10. The first-order valence-electron chi connectivity index (χ1n) is 23.3. The van der Waals surface area contributed by atoms with E-state index < -0.39 is 60.4 Å². The predicted octanol–water partition coefficient (Wildman–Crippen LogP) is 13.0. The molecule has 0 fully saturated rings. The average molecular weight is 740 g/mol. The molecule has 12 aromatic rings. The Morgan fingerprint density at radius 1 is 0.421 bits per heavy atom. The maximum Gasteiger partial charge on any atom is 0.238 e. The van der Waals surface area contributed by atoms with Crippen molar-refractivity contribution in [1.82, 2.24) is 24.1 Å². The topological polar surface area (TPSA) is 61.7 Å². The van der Waals surface area contributed by atoms with Crippen molar-refractivity contribution in [2.24, 2.45) is 0 Å². The first-order chi connectivity index (χ1) is 32.4. The highest BCUT2D eigenvalue weighted by Gasteiger charge is 2.25. The third kappa shape index (κ3) is 4.81. The maximum atomic E-state index is 9.83. The minimum absolute atomic E-state index is 0.0182. The van der Waals surface area contributed by atoms with Crippen LogP contribution in [0, 0.1) is 0 Å². The third-order valence-electron chi connectivity index (χ3n) is 10.4. The van der Waals surface area contributed by atoms with Gasteiger partial charge in [0.25, 0.3) is 0 Å². The second-order valence-corrected chi connectivity index (χ2v) is 13.7. The summed E-state index contributed by atoms with van der Waals surface area (Å²) < 4.78 is 103. The minimum Gasteiger partial charge on any atom is -0.454 e. The third-order valence-corrected chi connectivity index (χ3v) is 10.4. The molecule has 0 bridgehead atoms. The Morgan fingerprint density at radius 3 is 1.58 bits per heavy atom. The molecule has 57 heavy (non-hydrogen) atoms. The molecule has 0 aliphatic rings. The van der Waals surface area contributed by atoms with Crippen LogP contribution in [0.4, 0.5) is 0 Å². The molecule has 6 nitrogen and oxygen atoms in total. The lowest BCUT2D eigenvalue weighted by molar-refractivity contribution is 0.666. The molecule has 8 aromatic carbocycles. The standard InChI is InChI=1S/C51H31N5O/c1-4-16-32(17-5-1)35-30-41-38-24-12-15-27-45(38)57-48(41)44(31-35)55-42-25-13-10-22-36(42)39-28-29-40-37-23-11-14-26-43(37)56(47(40)46(39)55)51-53-49(33-18-6-2-7-19-33)52-50(54-51)34-20-8-3-9-21-34/h1-31H/i10D,11D,13D,14D,22D,23D,25D,26D,28D,29D. The van der Waals surface area contributed by atoms with E-state index >= 15 is 0 Å². The molecule has 12 rings (SSSR count). The predicted molar refractivity (Wildman–Crippen MR) is 232 cm³/mol. The van der Waals surface area contributed by atoms with Crippen molar-refractivity contribution in [2.45, 2.75) is 0 Å². The largest absolute Gasteiger partial charge is 0.454 e. The minimum atomic E-state index is -0.562. The summed E-state index contributed by atoms with van der Waals surface area (Å²) in [5.74, 6) is 0.387. The highest BCUT2D eigenvalue weighted by atomic mass is 16.3. The summed E-state index contributed by atoms with van der Waals surface area (Å²) in [6.07, 6.45) is 0. The Labute approximate surface area is 340 Å². The van der Waals surface area contributed by atoms with Crippen LogP contribution in [-0.2, 0) is 0 Å².